The third-order valence-electron chi connectivity index (χ3n) is 6.51. The number of rotatable bonds is 4. The molecule has 2 N–H and O–H groups in total. The van der Waals surface area contributed by atoms with Gasteiger partial charge in [0.05, 0.1) is 13.3 Å². The van der Waals surface area contributed by atoms with E-state index in [2.05, 4.69) is 4.98 Å². The summed E-state index contributed by atoms with van der Waals surface area (Å²) in [6, 6.07) is 0. The second kappa shape index (κ2) is 5.58. The zero-order valence-corrected chi connectivity index (χ0v) is 15.1. The van der Waals surface area contributed by atoms with Crippen LogP contribution in [0, 0.1) is 17.2 Å². The van der Waals surface area contributed by atoms with Crippen molar-refractivity contribution in [2.24, 2.45) is 11.3 Å². The first-order valence-electron chi connectivity index (χ1n) is 9.40. The van der Waals surface area contributed by atoms with Gasteiger partial charge < -0.3 is 14.7 Å². The van der Waals surface area contributed by atoms with Crippen molar-refractivity contribution in [3.63, 3.8) is 0 Å². The van der Waals surface area contributed by atoms with Crippen LogP contribution < -0.4 is 20.9 Å². The molecule has 3 aliphatic rings. The Hall–Kier alpha value is -2.35. The molecule has 1 aliphatic heterocycles. The van der Waals surface area contributed by atoms with Crippen molar-refractivity contribution in [3.8, 4) is 5.75 Å². The average Bonchev–Trinajstić information content (AvgIpc) is 3.54. The van der Waals surface area contributed by atoms with E-state index in [-0.39, 0.29) is 35.3 Å². The van der Waals surface area contributed by atoms with Gasteiger partial charge in [-0.05, 0) is 37.0 Å². The number of ether oxygens (including phenoxy) is 1. The van der Waals surface area contributed by atoms with Gasteiger partial charge in [-0.15, -0.1) is 0 Å². The highest BCUT2D eigenvalue weighted by atomic mass is 19.1. The predicted molar refractivity (Wildman–Crippen MR) is 97.2 cm³/mol. The molecular formula is C19H22FN3O4. The summed E-state index contributed by atoms with van der Waals surface area (Å²) in [5, 5.41) is 9.73. The first-order valence-corrected chi connectivity index (χ1v) is 9.40. The smallest absolute Gasteiger partial charge is 0.333 e. The maximum Gasteiger partial charge on any atom is 0.333 e. The number of hydrogen-bond donors (Lipinski definition) is 2. The predicted octanol–water partition coefficient (Wildman–Crippen LogP) is 1.22. The van der Waals surface area contributed by atoms with Crippen LogP contribution in [0.25, 0.3) is 5.52 Å². The number of aromatic nitrogens is 2. The van der Waals surface area contributed by atoms with Crippen molar-refractivity contribution in [1.82, 2.24) is 9.38 Å². The lowest BCUT2D eigenvalue weighted by molar-refractivity contribution is 0.197. The number of H-pyrrole nitrogens is 1. The number of aromatic amines is 1. The summed E-state index contributed by atoms with van der Waals surface area (Å²) < 4.78 is 21.8. The number of pyridine rings is 1. The topological polar surface area (TPSA) is 87.0 Å². The van der Waals surface area contributed by atoms with Gasteiger partial charge in [0.2, 0.25) is 0 Å². The Morgan fingerprint density at radius 3 is 2.67 bits per heavy atom. The standard InChI is InChI=1S/C19H22FN3O4/c1-27-16-14(22-6-11(8-24)19(9-22)4-5-19)12(20)7-23-15(16)13(10-2-3-10)17(25)21-18(23)26/h7,10-11,24H,2-6,8-9H2,1H3,(H,21,25,26). The number of hydrogen-bond acceptors (Lipinski definition) is 5. The van der Waals surface area contributed by atoms with Gasteiger partial charge in [0.15, 0.2) is 11.6 Å². The highest BCUT2D eigenvalue weighted by Gasteiger charge is 2.55. The molecule has 8 heteroatoms. The molecule has 0 aromatic carbocycles. The van der Waals surface area contributed by atoms with Gasteiger partial charge in [0.1, 0.15) is 11.2 Å². The highest BCUT2D eigenvalue weighted by Crippen LogP contribution is 2.57. The molecule has 3 fully saturated rings. The first-order chi connectivity index (χ1) is 13.0. The Morgan fingerprint density at radius 1 is 1.37 bits per heavy atom. The van der Waals surface area contributed by atoms with Gasteiger partial charge in [-0.3, -0.25) is 14.2 Å². The van der Waals surface area contributed by atoms with Gasteiger partial charge >= 0.3 is 5.69 Å². The molecule has 2 aliphatic carbocycles. The minimum Gasteiger partial charge on any atom is -0.492 e. The van der Waals surface area contributed by atoms with E-state index >= 15 is 4.39 Å². The summed E-state index contributed by atoms with van der Waals surface area (Å²) in [4.78, 5) is 29.0. The van der Waals surface area contributed by atoms with E-state index in [1.54, 1.807) is 0 Å². The molecule has 7 nitrogen and oxygen atoms in total. The van der Waals surface area contributed by atoms with Crippen molar-refractivity contribution in [2.45, 2.75) is 31.6 Å². The molecular weight excluding hydrogens is 353 g/mol. The van der Waals surface area contributed by atoms with E-state index < -0.39 is 17.1 Å². The molecule has 1 spiro atoms. The molecule has 3 heterocycles. The van der Waals surface area contributed by atoms with E-state index in [0.717, 1.165) is 36.3 Å². The summed E-state index contributed by atoms with van der Waals surface area (Å²) in [5.74, 6) is -0.170. The Balaban J connectivity index is 1.76. The second-order valence-electron chi connectivity index (χ2n) is 8.15. The number of methoxy groups -OCH3 is 1. The molecule has 144 valence electrons. The summed E-state index contributed by atoms with van der Waals surface area (Å²) in [7, 11) is 1.44. The highest BCUT2D eigenvalue weighted by molar-refractivity contribution is 5.78. The molecule has 0 amide bonds. The molecule has 2 saturated carbocycles. The van der Waals surface area contributed by atoms with Crippen LogP contribution in [0.3, 0.4) is 0 Å². The SMILES string of the molecule is COc1c(N2CC(CO)C3(CC3)C2)c(F)cn2c(=O)[nH]c(=O)c(C3CC3)c12. The lowest BCUT2D eigenvalue weighted by Crippen LogP contribution is -2.31. The average molecular weight is 375 g/mol. The fourth-order valence-electron chi connectivity index (χ4n) is 4.73. The van der Waals surface area contributed by atoms with E-state index in [4.69, 9.17) is 4.74 Å². The molecule has 2 aromatic rings. The number of anilines is 1. The summed E-state index contributed by atoms with van der Waals surface area (Å²) in [6.07, 6.45) is 4.93. The van der Waals surface area contributed by atoms with Crippen LogP contribution in [0.2, 0.25) is 0 Å². The number of aliphatic hydroxyl groups is 1. The fraction of sp³-hybridized carbons (Fsp3) is 0.579. The maximum atomic E-state index is 15.1. The van der Waals surface area contributed by atoms with Crippen LogP contribution in [-0.2, 0) is 0 Å². The normalized spacial score (nSPS) is 23.4. The second-order valence-corrected chi connectivity index (χ2v) is 8.15. The molecule has 0 radical (unpaired) electrons. The Labute approximate surface area is 154 Å². The van der Waals surface area contributed by atoms with Crippen molar-refractivity contribution in [3.05, 3.63) is 38.4 Å². The Kier molecular flexibility index (Phi) is 3.47. The maximum absolute atomic E-state index is 15.1. The quantitative estimate of drug-likeness (QED) is 0.839. The molecule has 0 bridgehead atoms. The molecule has 1 saturated heterocycles. The summed E-state index contributed by atoms with van der Waals surface area (Å²) in [5.41, 5.74) is 0.0924. The minimum atomic E-state index is -0.670. The first kappa shape index (κ1) is 16.8. The van der Waals surface area contributed by atoms with Crippen LogP contribution in [-0.4, -0.2) is 41.3 Å². The van der Waals surface area contributed by atoms with Crippen LogP contribution in [0.5, 0.6) is 5.75 Å². The molecule has 1 unspecified atom stereocenters. The summed E-state index contributed by atoms with van der Waals surface area (Å²) in [6.45, 7) is 1.25. The van der Waals surface area contributed by atoms with Gasteiger partial charge in [-0.25, -0.2) is 9.18 Å². The van der Waals surface area contributed by atoms with E-state index in [0.29, 0.717) is 24.2 Å². The third kappa shape index (κ3) is 2.35. The Morgan fingerprint density at radius 2 is 2.11 bits per heavy atom. The lowest BCUT2D eigenvalue weighted by atomic mass is 9.94. The van der Waals surface area contributed by atoms with Crippen molar-refractivity contribution < 1.29 is 14.2 Å². The lowest BCUT2D eigenvalue weighted by Gasteiger charge is -2.24. The van der Waals surface area contributed by atoms with Crippen LogP contribution in [0.4, 0.5) is 10.1 Å². The third-order valence-corrected chi connectivity index (χ3v) is 6.51. The number of nitrogens with zero attached hydrogens (tertiary/aromatic N) is 2. The van der Waals surface area contributed by atoms with Gasteiger partial charge in [0, 0.05) is 31.2 Å². The van der Waals surface area contributed by atoms with Crippen molar-refractivity contribution in [1.29, 1.82) is 0 Å². The zero-order chi connectivity index (χ0) is 18.9. The van der Waals surface area contributed by atoms with Gasteiger partial charge in [-0.1, -0.05) is 0 Å². The minimum absolute atomic E-state index is 0.0471. The number of aliphatic hydroxyl groups excluding tert-OH is 1. The molecule has 27 heavy (non-hydrogen) atoms. The number of fused-ring (bicyclic) bond motifs is 1. The fourth-order valence-corrected chi connectivity index (χ4v) is 4.73. The largest absolute Gasteiger partial charge is 0.492 e. The molecule has 1 atom stereocenters. The Bertz CT molecular complexity index is 1050. The van der Waals surface area contributed by atoms with Gasteiger partial charge in [-0.2, -0.15) is 0 Å². The van der Waals surface area contributed by atoms with Gasteiger partial charge in [0.25, 0.3) is 5.56 Å². The van der Waals surface area contributed by atoms with Crippen LogP contribution in [0.1, 0.15) is 37.2 Å². The van der Waals surface area contributed by atoms with E-state index in [1.807, 2.05) is 4.90 Å². The van der Waals surface area contributed by atoms with Crippen LogP contribution >= 0.6 is 0 Å². The number of halogens is 1. The van der Waals surface area contributed by atoms with Crippen molar-refractivity contribution >= 4 is 11.2 Å². The van der Waals surface area contributed by atoms with E-state index in [1.165, 1.54) is 7.11 Å². The summed E-state index contributed by atoms with van der Waals surface area (Å²) >= 11 is 0. The molecule has 2 aromatic heterocycles. The number of nitrogens with one attached hydrogen (secondary N) is 1. The van der Waals surface area contributed by atoms with E-state index in [9.17, 15) is 14.7 Å². The monoisotopic (exact) mass is 375 g/mol. The van der Waals surface area contributed by atoms with Crippen molar-refractivity contribution in [2.75, 3.05) is 31.7 Å². The zero-order valence-electron chi connectivity index (χ0n) is 15.1. The van der Waals surface area contributed by atoms with Crippen LogP contribution in [0.15, 0.2) is 15.8 Å². The molecule has 5 rings (SSSR count).